The minimum Gasteiger partial charge on any atom is -0.490 e. The third-order valence-electron chi connectivity index (χ3n) is 1.76. The summed E-state index contributed by atoms with van der Waals surface area (Å²) in [7, 11) is 0. The number of terminal acetylenes is 1. The molecule has 0 saturated heterocycles. The molecule has 0 saturated carbocycles. The number of hydrogen-bond acceptors (Lipinski definition) is 3. The maximum atomic E-state index is 5.44. The molecule has 0 amide bonds. The highest BCUT2D eigenvalue weighted by Crippen LogP contribution is 2.30. The van der Waals surface area contributed by atoms with Crippen LogP contribution >= 0.6 is 0 Å². The van der Waals surface area contributed by atoms with Crippen molar-refractivity contribution < 1.29 is 9.47 Å². The topological polar surface area (TPSA) is 30.5 Å². The zero-order valence-electron chi connectivity index (χ0n) is 9.04. The fourth-order valence-corrected chi connectivity index (χ4v) is 1.21. The normalized spacial score (nSPS) is 9.13. The molecule has 0 aliphatic carbocycles. The summed E-state index contributed by atoms with van der Waals surface area (Å²) in [5.41, 5.74) is 0.824. The van der Waals surface area contributed by atoms with Crippen molar-refractivity contribution in [1.29, 1.82) is 0 Å². The predicted octanol–water partition coefficient (Wildman–Crippen LogP) is 2.49. The van der Waals surface area contributed by atoms with Gasteiger partial charge in [0.15, 0.2) is 11.5 Å². The third kappa shape index (κ3) is 3.10. The summed E-state index contributed by atoms with van der Waals surface area (Å²) in [6.45, 7) is 5.07. The molecule has 80 valence electrons. The highest BCUT2D eigenvalue weighted by molar-refractivity contribution is 5.56. The van der Waals surface area contributed by atoms with E-state index in [9.17, 15) is 0 Å². The molecule has 0 spiro atoms. The minimum atomic E-state index is 0.597. The summed E-state index contributed by atoms with van der Waals surface area (Å²) in [4.78, 5) is 0. The van der Waals surface area contributed by atoms with Gasteiger partial charge in [-0.25, -0.2) is 0 Å². The molecule has 0 aromatic heterocycles. The number of rotatable bonds is 5. The molecule has 1 rings (SSSR count). The minimum absolute atomic E-state index is 0.597. The molecule has 1 N–H and O–H groups in total. The van der Waals surface area contributed by atoms with Crippen LogP contribution in [0.2, 0.25) is 0 Å². The van der Waals surface area contributed by atoms with Gasteiger partial charge in [-0.3, -0.25) is 0 Å². The molecular weight excluding hydrogens is 190 g/mol. The zero-order valence-corrected chi connectivity index (χ0v) is 9.04. The fraction of sp³-hybridized carbons (Fsp3) is 0.333. The van der Waals surface area contributed by atoms with Gasteiger partial charge in [0.25, 0.3) is 0 Å². The maximum Gasteiger partial charge on any atom is 0.163 e. The number of benzene rings is 1. The molecule has 0 atom stereocenters. The summed E-state index contributed by atoms with van der Waals surface area (Å²) < 4.78 is 10.9. The van der Waals surface area contributed by atoms with Crippen LogP contribution in [0, 0.1) is 12.5 Å². The lowest BCUT2D eigenvalue weighted by molar-refractivity contribution is 0.288. The number of anilines is 1. The Morgan fingerprint density at radius 1 is 1.20 bits per heavy atom. The largest absolute Gasteiger partial charge is 0.490 e. The van der Waals surface area contributed by atoms with Gasteiger partial charge in [0, 0.05) is 17.8 Å². The van der Waals surface area contributed by atoms with E-state index in [1.54, 1.807) is 0 Å². The van der Waals surface area contributed by atoms with Crippen LogP contribution in [0.5, 0.6) is 11.5 Å². The Balaban J connectivity index is 2.93. The van der Waals surface area contributed by atoms with Crippen LogP contribution < -0.4 is 14.8 Å². The molecule has 3 heteroatoms. The number of hydrogen-bond donors (Lipinski definition) is 1. The van der Waals surface area contributed by atoms with Gasteiger partial charge in [-0.1, -0.05) is 6.42 Å². The SMILES string of the molecule is C#CNc1ccc(OCC)c(OCC)c1. The van der Waals surface area contributed by atoms with Gasteiger partial charge >= 0.3 is 0 Å². The van der Waals surface area contributed by atoms with E-state index in [0.29, 0.717) is 19.0 Å². The van der Waals surface area contributed by atoms with Crippen molar-refractivity contribution in [2.45, 2.75) is 13.8 Å². The first-order chi connectivity index (χ1) is 7.31. The van der Waals surface area contributed by atoms with Gasteiger partial charge in [-0.05, 0) is 26.0 Å². The van der Waals surface area contributed by atoms with Crippen LogP contribution in [0.3, 0.4) is 0 Å². The van der Waals surface area contributed by atoms with Gasteiger partial charge in [0.1, 0.15) is 0 Å². The molecule has 0 bridgehead atoms. The summed E-state index contributed by atoms with van der Waals surface area (Å²) in [6.07, 6.45) is 5.15. The van der Waals surface area contributed by atoms with E-state index >= 15 is 0 Å². The van der Waals surface area contributed by atoms with E-state index in [2.05, 4.69) is 11.4 Å². The van der Waals surface area contributed by atoms with Crippen LogP contribution in [0.15, 0.2) is 18.2 Å². The van der Waals surface area contributed by atoms with E-state index in [1.165, 1.54) is 0 Å². The van der Waals surface area contributed by atoms with E-state index in [-0.39, 0.29) is 0 Å². The van der Waals surface area contributed by atoms with Crippen molar-refractivity contribution >= 4 is 5.69 Å². The first-order valence-electron chi connectivity index (χ1n) is 4.93. The lowest BCUT2D eigenvalue weighted by Crippen LogP contribution is -1.99. The fourth-order valence-electron chi connectivity index (χ4n) is 1.21. The van der Waals surface area contributed by atoms with Gasteiger partial charge in [-0.2, -0.15) is 0 Å². The summed E-state index contributed by atoms with van der Waals surface area (Å²) in [5.74, 6) is 1.45. The second kappa shape index (κ2) is 5.82. The van der Waals surface area contributed by atoms with E-state index in [1.807, 2.05) is 32.0 Å². The lowest BCUT2D eigenvalue weighted by Gasteiger charge is -2.11. The van der Waals surface area contributed by atoms with E-state index in [4.69, 9.17) is 15.9 Å². The highest BCUT2D eigenvalue weighted by atomic mass is 16.5. The first-order valence-corrected chi connectivity index (χ1v) is 4.93. The molecule has 0 unspecified atom stereocenters. The number of ether oxygens (including phenoxy) is 2. The molecular formula is C12H15NO2. The molecule has 0 radical (unpaired) electrons. The zero-order chi connectivity index (χ0) is 11.1. The molecule has 0 heterocycles. The van der Waals surface area contributed by atoms with Crippen molar-refractivity contribution in [1.82, 2.24) is 0 Å². The summed E-state index contributed by atoms with van der Waals surface area (Å²) in [6, 6.07) is 7.88. The average Bonchev–Trinajstić information content (AvgIpc) is 2.23. The van der Waals surface area contributed by atoms with Crippen LogP contribution in [-0.2, 0) is 0 Å². The van der Waals surface area contributed by atoms with Crippen molar-refractivity contribution in [3.63, 3.8) is 0 Å². The lowest BCUT2D eigenvalue weighted by atomic mass is 10.3. The Labute approximate surface area is 90.4 Å². The molecule has 3 nitrogen and oxygen atoms in total. The first kappa shape index (κ1) is 11.3. The number of nitrogens with one attached hydrogen (secondary N) is 1. The summed E-state index contributed by atoms with van der Waals surface area (Å²) in [5, 5.41) is 2.77. The van der Waals surface area contributed by atoms with Crippen molar-refractivity contribution in [2.75, 3.05) is 18.5 Å². The Kier molecular flexibility index (Phi) is 4.36. The standard InChI is InChI=1S/C12H15NO2/c1-4-13-10-7-8-11(14-5-2)12(9-10)15-6-3/h1,7-9,13H,5-6H2,2-3H3. The Morgan fingerprint density at radius 2 is 1.87 bits per heavy atom. The second-order valence-corrected chi connectivity index (χ2v) is 2.80. The Bertz CT molecular complexity index is 355. The van der Waals surface area contributed by atoms with Crippen molar-refractivity contribution in [3.8, 4) is 24.0 Å². The summed E-state index contributed by atoms with van der Waals surface area (Å²) >= 11 is 0. The van der Waals surface area contributed by atoms with Gasteiger partial charge in [-0.15, -0.1) is 0 Å². The third-order valence-corrected chi connectivity index (χ3v) is 1.76. The quantitative estimate of drug-likeness (QED) is 0.591. The molecule has 15 heavy (non-hydrogen) atoms. The molecule has 0 fully saturated rings. The second-order valence-electron chi connectivity index (χ2n) is 2.80. The molecule has 1 aromatic carbocycles. The monoisotopic (exact) mass is 205 g/mol. The maximum absolute atomic E-state index is 5.44. The van der Waals surface area contributed by atoms with Crippen molar-refractivity contribution in [3.05, 3.63) is 18.2 Å². The van der Waals surface area contributed by atoms with Gasteiger partial charge < -0.3 is 14.8 Å². The van der Waals surface area contributed by atoms with Crippen LogP contribution in [0.1, 0.15) is 13.8 Å². The highest BCUT2D eigenvalue weighted by Gasteiger charge is 2.04. The predicted molar refractivity (Wildman–Crippen MR) is 61.2 cm³/mol. The van der Waals surface area contributed by atoms with Crippen LogP contribution in [0.4, 0.5) is 5.69 Å². The average molecular weight is 205 g/mol. The molecule has 1 aromatic rings. The van der Waals surface area contributed by atoms with Crippen molar-refractivity contribution in [2.24, 2.45) is 0 Å². The Morgan fingerprint density at radius 3 is 2.47 bits per heavy atom. The van der Waals surface area contributed by atoms with E-state index in [0.717, 1.165) is 11.4 Å². The Hall–Kier alpha value is -1.82. The van der Waals surface area contributed by atoms with Gasteiger partial charge in [0.2, 0.25) is 0 Å². The molecule has 0 aliphatic rings. The molecule has 0 aliphatic heterocycles. The van der Waals surface area contributed by atoms with Gasteiger partial charge in [0.05, 0.1) is 13.2 Å². The van der Waals surface area contributed by atoms with Crippen LogP contribution in [0.25, 0.3) is 0 Å². The smallest absolute Gasteiger partial charge is 0.163 e. The van der Waals surface area contributed by atoms with E-state index < -0.39 is 0 Å². The van der Waals surface area contributed by atoms with Crippen LogP contribution in [-0.4, -0.2) is 13.2 Å².